The summed E-state index contributed by atoms with van der Waals surface area (Å²) in [6.45, 7) is 3.20. The summed E-state index contributed by atoms with van der Waals surface area (Å²) >= 11 is 0. The van der Waals surface area contributed by atoms with Crippen molar-refractivity contribution < 1.29 is 13.5 Å². The Bertz CT molecular complexity index is 602. The number of sulfonamides is 1. The molecular weight excluding hydrogens is 286 g/mol. The number of aliphatic hydroxyl groups excluding tert-OH is 1. The molecule has 3 unspecified atom stereocenters. The third-order valence-electron chi connectivity index (χ3n) is 4.96. The van der Waals surface area contributed by atoms with Crippen molar-refractivity contribution in [3.63, 3.8) is 0 Å². The van der Waals surface area contributed by atoms with Crippen LogP contribution < -0.4 is 0 Å². The number of hydrogen-bond acceptors (Lipinski definition) is 3. The fraction of sp³-hybridized carbons (Fsp3) is 0.625. The van der Waals surface area contributed by atoms with Crippen molar-refractivity contribution in [2.75, 3.05) is 13.1 Å². The van der Waals surface area contributed by atoms with Gasteiger partial charge in [0.1, 0.15) is 0 Å². The number of benzene rings is 1. The Labute approximate surface area is 126 Å². The van der Waals surface area contributed by atoms with Crippen molar-refractivity contribution >= 4 is 10.0 Å². The first kappa shape index (κ1) is 15.0. The van der Waals surface area contributed by atoms with Gasteiger partial charge < -0.3 is 5.11 Å². The van der Waals surface area contributed by atoms with Gasteiger partial charge in [0.15, 0.2) is 0 Å². The van der Waals surface area contributed by atoms with E-state index in [1.807, 2.05) is 6.92 Å². The predicted molar refractivity (Wildman–Crippen MR) is 81.3 cm³/mol. The lowest BCUT2D eigenvalue weighted by atomic mass is 10.0. The minimum atomic E-state index is -3.42. The van der Waals surface area contributed by atoms with Gasteiger partial charge in [-0.3, -0.25) is 0 Å². The Balaban J connectivity index is 1.85. The van der Waals surface area contributed by atoms with Gasteiger partial charge in [0, 0.05) is 13.1 Å². The van der Waals surface area contributed by atoms with Crippen LogP contribution in [0.3, 0.4) is 0 Å². The lowest BCUT2D eigenvalue weighted by Gasteiger charge is -2.18. The topological polar surface area (TPSA) is 57.6 Å². The molecule has 0 aromatic heterocycles. The van der Waals surface area contributed by atoms with Crippen LogP contribution in [0, 0.1) is 11.8 Å². The smallest absolute Gasteiger partial charge is 0.243 e. The Morgan fingerprint density at radius 3 is 2.57 bits per heavy atom. The Kier molecular flexibility index (Phi) is 4.08. The average Bonchev–Trinajstić information content (AvgIpc) is 3.08. The second-order valence-corrected chi connectivity index (χ2v) is 8.21. The molecule has 0 radical (unpaired) electrons. The fourth-order valence-electron chi connectivity index (χ4n) is 3.66. The molecule has 1 heterocycles. The van der Waals surface area contributed by atoms with Crippen molar-refractivity contribution in [3.8, 4) is 0 Å². The highest BCUT2D eigenvalue weighted by Crippen LogP contribution is 2.39. The lowest BCUT2D eigenvalue weighted by Crippen LogP contribution is -2.29. The summed E-state index contributed by atoms with van der Waals surface area (Å²) in [4.78, 5) is 0.312. The van der Waals surface area contributed by atoms with Crippen molar-refractivity contribution in [1.82, 2.24) is 4.31 Å². The number of rotatable bonds is 4. The maximum absolute atomic E-state index is 12.8. The zero-order valence-electron chi connectivity index (χ0n) is 12.4. The molecule has 0 amide bonds. The van der Waals surface area contributed by atoms with Gasteiger partial charge in [-0.15, -0.1) is 0 Å². The number of hydrogen-bond donors (Lipinski definition) is 1. The summed E-state index contributed by atoms with van der Waals surface area (Å²) in [5, 5.41) is 9.91. The molecule has 4 nitrogen and oxygen atoms in total. The molecular formula is C16H23NO3S. The first-order chi connectivity index (χ1) is 10.0. The minimum absolute atomic E-state index is 0.312. The summed E-state index contributed by atoms with van der Waals surface area (Å²) in [7, 11) is -3.42. The van der Waals surface area contributed by atoms with Crippen LogP contribution in [0.1, 0.15) is 44.3 Å². The van der Waals surface area contributed by atoms with Crippen LogP contribution in [-0.2, 0) is 10.0 Å². The molecule has 0 bridgehead atoms. The fourth-order valence-corrected chi connectivity index (χ4v) is 5.26. The largest absolute Gasteiger partial charge is 0.388 e. The SMILES string of the molecule is CCC(O)c1cccc(S(=O)(=O)N2CC3CCCC3C2)c1. The van der Waals surface area contributed by atoms with Gasteiger partial charge in [-0.05, 0) is 48.8 Å². The third kappa shape index (κ3) is 2.74. The molecule has 5 heteroatoms. The Morgan fingerprint density at radius 1 is 1.29 bits per heavy atom. The van der Waals surface area contributed by atoms with E-state index >= 15 is 0 Å². The van der Waals surface area contributed by atoms with Crippen LogP contribution in [0.2, 0.25) is 0 Å². The second-order valence-electron chi connectivity index (χ2n) is 6.27. The maximum Gasteiger partial charge on any atom is 0.243 e. The number of nitrogens with zero attached hydrogens (tertiary/aromatic N) is 1. The van der Waals surface area contributed by atoms with Crippen LogP contribution >= 0.6 is 0 Å². The van der Waals surface area contributed by atoms with Crippen LogP contribution in [0.5, 0.6) is 0 Å². The molecule has 116 valence electrons. The van der Waals surface area contributed by atoms with Crippen LogP contribution in [0.4, 0.5) is 0 Å². The molecule has 3 rings (SSSR count). The summed E-state index contributed by atoms with van der Waals surface area (Å²) in [6, 6.07) is 6.76. The Morgan fingerprint density at radius 2 is 1.95 bits per heavy atom. The third-order valence-corrected chi connectivity index (χ3v) is 6.79. The monoisotopic (exact) mass is 309 g/mol. The molecule has 1 aromatic rings. The summed E-state index contributed by atoms with van der Waals surface area (Å²) < 4.78 is 27.2. The molecule has 1 saturated heterocycles. The van der Waals surface area contributed by atoms with E-state index in [0.29, 0.717) is 41.8 Å². The molecule has 1 aliphatic carbocycles. The van der Waals surface area contributed by atoms with Crippen molar-refractivity contribution in [3.05, 3.63) is 29.8 Å². The lowest BCUT2D eigenvalue weighted by molar-refractivity contribution is 0.173. The van der Waals surface area contributed by atoms with Crippen LogP contribution in [0.25, 0.3) is 0 Å². The number of fused-ring (bicyclic) bond motifs is 1. The first-order valence-corrected chi connectivity index (χ1v) is 9.24. The normalized spacial score (nSPS) is 27.7. The van der Waals surface area contributed by atoms with E-state index in [-0.39, 0.29) is 0 Å². The zero-order valence-corrected chi connectivity index (χ0v) is 13.2. The van der Waals surface area contributed by atoms with Gasteiger partial charge in [-0.1, -0.05) is 25.5 Å². The molecule has 1 saturated carbocycles. The zero-order chi connectivity index (χ0) is 15.0. The second kappa shape index (κ2) is 5.71. The molecule has 3 atom stereocenters. The van der Waals surface area contributed by atoms with Gasteiger partial charge in [-0.2, -0.15) is 4.31 Å². The highest BCUT2D eigenvalue weighted by molar-refractivity contribution is 7.89. The predicted octanol–water partition coefficient (Wildman–Crippen LogP) is 2.55. The molecule has 21 heavy (non-hydrogen) atoms. The molecule has 1 N–H and O–H groups in total. The van der Waals surface area contributed by atoms with E-state index < -0.39 is 16.1 Å². The highest BCUT2D eigenvalue weighted by Gasteiger charge is 2.41. The van der Waals surface area contributed by atoms with Gasteiger partial charge >= 0.3 is 0 Å². The van der Waals surface area contributed by atoms with Crippen LogP contribution in [-0.4, -0.2) is 30.9 Å². The Hall–Kier alpha value is -0.910. The highest BCUT2D eigenvalue weighted by atomic mass is 32.2. The quantitative estimate of drug-likeness (QED) is 0.930. The average molecular weight is 309 g/mol. The first-order valence-electron chi connectivity index (χ1n) is 7.80. The molecule has 2 fully saturated rings. The van der Waals surface area contributed by atoms with Crippen LogP contribution in [0.15, 0.2) is 29.2 Å². The maximum atomic E-state index is 12.8. The molecule has 0 spiro atoms. The summed E-state index contributed by atoms with van der Waals surface area (Å²) in [6.07, 6.45) is 3.54. The van der Waals surface area contributed by atoms with Gasteiger partial charge in [0.25, 0.3) is 0 Å². The molecule has 1 aromatic carbocycles. The molecule has 1 aliphatic heterocycles. The summed E-state index contributed by atoms with van der Waals surface area (Å²) in [5.41, 5.74) is 0.679. The molecule has 2 aliphatic rings. The van der Waals surface area contributed by atoms with E-state index in [1.165, 1.54) is 6.42 Å². The van der Waals surface area contributed by atoms with Crippen molar-refractivity contribution in [2.45, 2.75) is 43.6 Å². The van der Waals surface area contributed by atoms with E-state index in [0.717, 1.165) is 12.8 Å². The van der Waals surface area contributed by atoms with E-state index in [9.17, 15) is 13.5 Å². The summed E-state index contributed by atoms with van der Waals surface area (Å²) in [5.74, 6) is 1.09. The van der Waals surface area contributed by atoms with Crippen molar-refractivity contribution in [2.24, 2.45) is 11.8 Å². The standard InChI is InChI=1S/C16H23NO3S/c1-2-16(18)12-5-4-8-15(9-12)21(19,20)17-10-13-6-3-7-14(13)11-17/h4-5,8-9,13-14,16,18H,2-3,6-7,10-11H2,1H3. The van der Waals surface area contributed by atoms with Gasteiger partial charge in [-0.25, -0.2) is 8.42 Å². The van der Waals surface area contributed by atoms with E-state index in [1.54, 1.807) is 28.6 Å². The van der Waals surface area contributed by atoms with Gasteiger partial charge in [0.05, 0.1) is 11.0 Å². The number of aliphatic hydroxyl groups is 1. The minimum Gasteiger partial charge on any atom is -0.388 e. The van der Waals surface area contributed by atoms with E-state index in [2.05, 4.69) is 0 Å². The van der Waals surface area contributed by atoms with Gasteiger partial charge in [0.2, 0.25) is 10.0 Å². The van der Waals surface area contributed by atoms with E-state index in [4.69, 9.17) is 0 Å². The van der Waals surface area contributed by atoms with Crippen molar-refractivity contribution in [1.29, 1.82) is 0 Å².